The van der Waals surface area contributed by atoms with Gasteiger partial charge in [0.2, 0.25) is 0 Å². The lowest BCUT2D eigenvalue weighted by atomic mass is 10.2. The third-order valence-corrected chi connectivity index (χ3v) is 3.84. The number of amides is 1. The van der Waals surface area contributed by atoms with Gasteiger partial charge >= 0.3 is 0 Å². The summed E-state index contributed by atoms with van der Waals surface area (Å²) in [6, 6.07) is 7.15. The molecular weight excluding hydrogens is 312 g/mol. The highest BCUT2D eigenvalue weighted by atomic mass is 32.2. The van der Waals surface area contributed by atoms with Crippen LogP contribution in [-0.4, -0.2) is 39.2 Å². The van der Waals surface area contributed by atoms with Crippen molar-refractivity contribution in [2.75, 3.05) is 18.6 Å². The molecule has 20 heavy (non-hydrogen) atoms. The van der Waals surface area contributed by atoms with Gasteiger partial charge in [-0.2, -0.15) is 11.8 Å². The third kappa shape index (κ3) is 3.38. The van der Waals surface area contributed by atoms with E-state index in [1.54, 1.807) is 28.5 Å². The monoisotopic (exact) mass is 326 g/mol. The van der Waals surface area contributed by atoms with Crippen molar-refractivity contribution in [1.82, 2.24) is 20.1 Å². The summed E-state index contributed by atoms with van der Waals surface area (Å²) < 4.78 is 2.68. The molecule has 0 spiro atoms. The zero-order valence-electron chi connectivity index (χ0n) is 10.8. The number of thioether (sulfide) groups is 1. The summed E-state index contributed by atoms with van der Waals surface area (Å²) >= 11 is 12.0. The molecule has 1 aromatic heterocycles. The van der Waals surface area contributed by atoms with Gasteiger partial charge in [0.1, 0.15) is 0 Å². The third-order valence-electron chi connectivity index (χ3n) is 2.66. The van der Waals surface area contributed by atoms with E-state index in [0.717, 1.165) is 11.4 Å². The van der Waals surface area contributed by atoms with E-state index in [1.807, 2.05) is 18.4 Å². The van der Waals surface area contributed by atoms with Gasteiger partial charge in [-0.05, 0) is 55.0 Å². The van der Waals surface area contributed by atoms with Crippen molar-refractivity contribution in [1.29, 1.82) is 0 Å². The van der Waals surface area contributed by atoms with Crippen LogP contribution in [0.15, 0.2) is 24.3 Å². The summed E-state index contributed by atoms with van der Waals surface area (Å²) in [4.78, 5) is 11.9. The van der Waals surface area contributed by atoms with Crippen molar-refractivity contribution in [2.45, 2.75) is 0 Å². The second-order valence-corrected chi connectivity index (χ2v) is 5.75. The summed E-state index contributed by atoms with van der Waals surface area (Å²) in [5.74, 6) is 0.825. The van der Waals surface area contributed by atoms with Crippen molar-refractivity contribution >= 4 is 42.1 Å². The van der Waals surface area contributed by atoms with Crippen LogP contribution in [0, 0.1) is 9.54 Å². The molecular formula is C12H14N4OS3. The lowest BCUT2D eigenvalue weighted by molar-refractivity contribution is 0.0956. The van der Waals surface area contributed by atoms with E-state index in [0.29, 0.717) is 21.7 Å². The van der Waals surface area contributed by atoms with Crippen LogP contribution in [0.25, 0.3) is 5.69 Å². The number of hydrogen-bond acceptors (Lipinski definition) is 4. The maximum atomic E-state index is 11.9. The molecule has 0 atom stereocenters. The Balaban J connectivity index is 2.17. The number of H-pyrrole nitrogens is 2. The molecule has 0 aliphatic rings. The number of rotatable bonds is 5. The van der Waals surface area contributed by atoms with Crippen LogP contribution in [0.3, 0.4) is 0 Å². The van der Waals surface area contributed by atoms with Crippen molar-refractivity contribution in [2.24, 2.45) is 0 Å². The SMILES string of the molecule is CSCCNC(=O)c1ccc(-n2c(=S)[nH][nH]c2=S)cc1. The first-order chi connectivity index (χ1) is 9.63. The molecule has 1 heterocycles. The lowest BCUT2D eigenvalue weighted by Crippen LogP contribution is -2.25. The Hall–Kier alpha value is -1.38. The largest absolute Gasteiger partial charge is 0.351 e. The van der Waals surface area contributed by atoms with Gasteiger partial charge in [-0.15, -0.1) is 0 Å². The number of carbonyl (C=O) groups excluding carboxylic acids is 1. The number of carbonyl (C=O) groups is 1. The number of benzene rings is 1. The van der Waals surface area contributed by atoms with Crippen LogP contribution in [0.2, 0.25) is 0 Å². The quantitative estimate of drug-likeness (QED) is 0.584. The summed E-state index contributed by atoms with van der Waals surface area (Å²) in [6.45, 7) is 0.663. The van der Waals surface area contributed by atoms with Gasteiger partial charge in [0, 0.05) is 17.9 Å². The minimum absolute atomic E-state index is 0.0755. The maximum absolute atomic E-state index is 11.9. The number of nitrogens with one attached hydrogen (secondary N) is 3. The van der Waals surface area contributed by atoms with E-state index >= 15 is 0 Å². The summed E-state index contributed by atoms with van der Waals surface area (Å²) in [5, 5.41) is 8.41. The Bertz CT molecular complexity index is 671. The average Bonchev–Trinajstić information content (AvgIpc) is 2.78. The molecule has 106 valence electrons. The number of aromatic amines is 2. The predicted octanol–water partition coefficient (Wildman–Crippen LogP) is 2.69. The highest BCUT2D eigenvalue weighted by molar-refractivity contribution is 7.98. The number of nitrogens with zero attached hydrogens (tertiary/aromatic N) is 1. The number of hydrogen-bond donors (Lipinski definition) is 3. The minimum Gasteiger partial charge on any atom is -0.351 e. The Labute approximate surface area is 130 Å². The molecule has 0 bridgehead atoms. The second-order valence-electron chi connectivity index (χ2n) is 3.99. The highest BCUT2D eigenvalue weighted by Gasteiger charge is 2.06. The Morgan fingerprint density at radius 3 is 2.40 bits per heavy atom. The van der Waals surface area contributed by atoms with Gasteiger partial charge in [0.05, 0.1) is 5.69 Å². The van der Waals surface area contributed by atoms with Gasteiger partial charge in [-0.1, -0.05) is 0 Å². The van der Waals surface area contributed by atoms with Crippen LogP contribution in [0.4, 0.5) is 0 Å². The predicted molar refractivity (Wildman–Crippen MR) is 86.9 cm³/mol. The smallest absolute Gasteiger partial charge is 0.251 e. The van der Waals surface area contributed by atoms with Crippen LogP contribution in [-0.2, 0) is 0 Å². The Morgan fingerprint density at radius 2 is 1.85 bits per heavy atom. The van der Waals surface area contributed by atoms with E-state index in [4.69, 9.17) is 24.4 Å². The van der Waals surface area contributed by atoms with Crippen LogP contribution in [0.1, 0.15) is 10.4 Å². The molecule has 2 aromatic rings. The fourth-order valence-corrected chi connectivity index (χ4v) is 2.54. The number of aromatic nitrogens is 3. The van der Waals surface area contributed by atoms with Crippen LogP contribution >= 0.6 is 36.2 Å². The molecule has 3 N–H and O–H groups in total. The molecule has 0 saturated carbocycles. The highest BCUT2D eigenvalue weighted by Crippen LogP contribution is 2.10. The molecule has 0 unspecified atom stereocenters. The van der Waals surface area contributed by atoms with Gasteiger partial charge in [0.25, 0.3) is 5.91 Å². The Morgan fingerprint density at radius 1 is 1.25 bits per heavy atom. The molecule has 1 amide bonds. The second kappa shape index (κ2) is 6.87. The van der Waals surface area contributed by atoms with Crippen molar-refractivity contribution in [3.8, 4) is 5.69 Å². The van der Waals surface area contributed by atoms with Gasteiger partial charge in [0.15, 0.2) is 9.54 Å². The summed E-state index contributed by atoms with van der Waals surface area (Å²) in [7, 11) is 0. The fraction of sp³-hybridized carbons (Fsp3) is 0.250. The Kier molecular flexibility index (Phi) is 5.16. The summed E-state index contributed by atoms with van der Waals surface area (Å²) in [5.41, 5.74) is 1.44. The van der Waals surface area contributed by atoms with E-state index in [9.17, 15) is 4.79 Å². The van der Waals surface area contributed by atoms with Crippen LogP contribution < -0.4 is 5.32 Å². The first-order valence-electron chi connectivity index (χ1n) is 5.91. The van der Waals surface area contributed by atoms with E-state index < -0.39 is 0 Å². The average molecular weight is 326 g/mol. The van der Waals surface area contributed by atoms with Crippen molar-refractivity contribution in [3.63, 3.8) is 0 Å². The maximum Gasteiger partial charge on any atom is 0.251 e. The molecule has 0 aliphatic carbocycles. The zero-order valence-corrected chi connectivity index (χ0v) is 13.3. The molecule has 0 fully saturated rings. The van der Waals surface area contributed by atoms with Crippen molar-refractivity contribution in [3.05, 3.63) is 39.4 Å². The standard InChI is InChI=1S/C12H14N4OS3/c1-20-7-6-13-10(17)8-2-4-9(5-3-8)16-11(18)14-15-12(16)19/h2-5H,6-7H2,1H3,(H,13,17)(H,14,18)(H,15,19). The topological polar surface area (TPSA) is 65.6 Å². The van der Waals surface area contributed by atoms with E-state index in [2.05, 4.69) is 15.5 Å². The lowest BCUT2D eigenvalue weighted by Gasteiger charge is -2.06. The van der Waals surface area contributed by atoms with Crippen molar-refractivity contribution < 1.29 is 4.79 Å². The molecule has 5 nitrogen and oxygen atoms in total. The minimum atomic E-state index is -0.0755. The molecule has 1 aromatic carbocycles. The normalized spacial score (nSPS) is 10.4. The first-order valence-corrected chi connectivity index (χ1v) is 8.12. The molecule has 2 rings (SSSR count). The molecule has 0 saturated heterocycles. The van der Waals surface area contributed by atoms with Gasteiger partial charge in [-0.3, -0.25) is 19.6 Å². The van der Waals surface area contributed by atoms with E-state index in [1.165, 1.54) is 0 Å². The van der Waals surface area contributed by atoms with Gasteiger partial charge in [-0.25, -0.2) is 0 Å². The molecule has 0 radical (unpaired) electrons. The fourth-order valence-electron chi connectivity index (χ4n) is 1.68. The molecule has 8 heteroatoms. The summed E-state index contributed by atoms with van der Waals surface area (Å²) in [6.07, 6.45) is 2.00. The van der Waals surface area contributed by atoms with Crippen LogP contribution in [0.5, 0.6) is 0 Å². The first kappa shape index (κ1) is 15.0. The van der Waals surface area contributed by atoms with Gasteiger partial charge < -0.3 is 5.32 Å². The van der Waals surface area contributed by atoms with E-state index in [-0.39, 0.29) is 5.91 Å². The zero-order chi connectivity index (χ0) is 14.5. The molecule has 0 aliphatic heterocycles.